The molecule has 9 heteroatoms. The van der Waals surface area contributed by atoms with E-state index in [1.54, 1.807) is 6.92 Å². The van der Waals surface area contributed by atoms with Gasteiger partial charge >= 0.3 is 11.3 Å². The predicted molar refractivity (Wildman–Crippen MR) is 83.9 cm³/mol. The van der Waals surface area contributed by atoms with E-state index in [-0.39, 0.29) is 11.4 Å². The number of rotatable bonds is 2. The Bertz CT molecular complexity index is 950. The molecule has 0 fully saturated rings. The minimum Gasteiger partial charge on any atom is -0.336 e. The van der Waals surface area contributed by atoms with Gasteiger partial charge in [-0.05, 0) is 6.92 Å². The van der Waals surface area contributed by atoms with E-state index in [2.05, 4.69) is 15.4 Å². The standard InChI is InChI=1S/C14H19N5O4/c1-7-8(11(20)19(6)13(22)18(7)5)15-16-9-10(14(2,3)4)17-23-12(9)21/h17H,1-6H3. The molecule has 9 nitrogen and oxygen atoms in total. The van der Waals surface area contributed by atoms with Crippen molar-refractivity contribution in [2.75, 3.05) is 0 Å². The van der Waals surface area contributed by atoms with Crippen LogP contribution in [-0.2, 0) is 19.5 Å². The molecule has 0 amide bonds. The molecule has 2 rings (SSSR count). The Kier molecular flexibility index (Phi) is 3.97. The van der Waals surface area contributed by atoms with Crippen molar-refractivity contribution in [3.63, 3.8) is 0 Å². The van der Waals surface area contributed by atoms with Gasteiger partial charge in [0.1, 0.15) is 0 Å². The highest BCUT2D eigenvalue weighted by Gasteiger charge is 2.24. The van der Waals surface area contributed by atoms with Crippen LogP contribution >= 0.6 is 0 Å². The van der Waals surface area contributed by atoms with Gasteiger partial charge < -0.3 is 4.52 Å². The van der Waals surface area contributed by atoms with Crippen LogP contribution in [0.25, 0.3) is 0 Å². The summed E-state index contributed by atoms with van der Waals surface area (Å²) in [6.07, 6.45) is 0. The van der Waals surface area contributed by atoms with Gasteiger partial charge in [-0.25, -0.2) is 14.7 Å². The summed E-state index contributed by atoms with van der Waals surface area (Å²) in [6.45, 7) is 7.22. The van der Waals surface area contributed by atoms with Crippen molar-refractivity contribution < 1.29 is 4.52 Å². The Morgan fingerprint density at radius 2 is 1.57 bits per heavy atom. The lowest BCUT2D eigenvalue weighted by molar-refractivity contribution is 0.370. The average molecular weight is 321 g/mol. The zero-order chi connectivity index (χ0) is 17.5. The highest BCUT2D eigenvalue weighted by atomic mass is 16.5. The van der Waals surface area contributed by atoms with E-state index in [0.29, 0.717) is 11.4 Å². The quantitative estimate of drug-likeness (QED) is 0.841. The third-order valence-electron chi connectivity index (χ3n) is 3.60. The van der Waals surface area contributed by atoms with Crippen molar-refractivity contribution in [2.45, 2.75) is 33.1 Å². The molecule has 0 saturated carbocycles. The molecular weight excluding hydrogens is 302 g/mol. The van der Waals surface area contributed by atoms with Gasteiger partial charge in [-0.1, -0.05) is 20.8 Å². The van der Waals surface area contributed by atoms with Gasteiger partial charge in [-0.2, -0.15) is 0 Å². The van der Waals surface area contributed by atoms with Crippen molar-refractivity contribution in [1.82, 2.24) is 14.3 Å². The third kappa shape index (κ3) is 2.81. The van der Waals surface area contributed by atoms with E-state index in [9.17, 15) is 14.4 Å². The summed E-state index contributed by atoms with van der Waals surface area (Å²) >= 11 is 0. The second-order valence-electron chi connectivity index (χ2n) is 6.30. The fourth-order valence-electron chi connectivity index (χ4n) is 2.04. The molecular formula is C14H19N5O4. The van der Waals surface area contributed by atoms with E-state index < -0.39 is 22.3 Å². The van der Waals surface area contributed by atoms with Crippen LogP contribution in [0.4, 0.5) is 11.4 Å². The van der Waals surface area contributed by atoms with Gasteiger partial charge in [0, 0.05) is 19.5 Å². The maximum Gasteiger partial charge on any atom is 0.384 e. The molecule has 0 aliphatic heterocycles. The first-order valence-electron chi connectivity index (χ1n) is 6.96. The van der Waals surface area contributed by atoms with E-state index in [0.717, 1.165) is 4.57 Å². The number of hydrogen-bond donors (Lipinski definition) is 1. The highest BCUT2D eigenvalue weighted by molar-refractivity contribution is 5.44. The van der Waals surface area contributed by atoms with Crippen molar-refractivity contribution >= 4 is 11.4 Å². The molecule has 0 bridgehead atoms. The van der Waals surface area contributed by atoms with Crippen LogP contribution in [-0.4, -0.2) is 14.3 Å². The second kappa shape index (κ2) is 5.49. The van der Waals surface area contributed by atoms with Crippen molar-refractivity contribution in [2.24, 2.45) is 24.3 Å². The van der Waals surface area contributed by atoms with Crippen LogP contribution in [0, 0.1) is 6.92 Å². The fraction of sp³-hybridized carbons (Fsp3) is 0.500. The third-order valence-corrected chi connectivity index (χ3v) is 3.60. The van der Waals surface area contributed by atoms with Gasteiger partial charge in [0.25, 0.3) is 5.56 Å². The highest BCUT2D eigenvalue weighted by Crippen LogP contribution is 2.28. The molecule has 2 aromatic rings. The van der Waals surface area contributed by atoms with E-state index in [1.807, 2.05) is 20.8 Å². The maximum absolute atomic E-state index is 12.2. The number of hydrogen-bond acceptors (Lipinski definition) is 6. The zero-order valence-corrected chi connectivity index (χ0v) is 13.9. The Hall–Kier alpha value is -2.71. The Morgan fingerprint density at radius 1 is 1.00 bits per heavy atom. The molecule has 0 aliphatic rings. The van der Waals surface area contributed by atoms with Crippen LogP contribution in [0.5, 0.6) is 0 Å². The van der Waals surface area contributed by atoms with Gasteiger partial charge in [0.2, 0.25) is 0 Å². The molecule has 2 heterocycles. The maximum atomic E-state index is 12.2. The Morgan fingerprint density at radius 3 is 2.13 bits per heavy atom. The van der Waals surface area contributed by atoms with E-state index in [4.69, 9.17) is 4.52 Å². The summed E-state index contributed by atoms with van der Waals surface area (Å²) < 4.78 is 6.99. The van der Waals surface area contributed by atoms with Gasteiger partial charge in [0.15, 0.2) is 11.4 Å². The van der Waals surface area contributed by atoms with Gasteiger partial charge in [-0.3, -0.25) is 13.9 Å². The topological polar surface area (TPSA) is 115 Å². The normalized spacial score (nSPS) is 12.3. The molecule has 0 aromatic carbocycles. The summed E-state index contributed by atoms with van der Waals surface area (Å²) in [7, 11) is 2.88. The zero-order valence-electron chi connectivity index (χ0n) is 13.9. The summed E-state index contributed by atoms with van der Waals surface area (Å²) in [5, 5.41) is 10.3. The van der Waals surface area contributed by atoms with Gasteiger partial charge in [-0.15, -0.1) is 10.2 Å². The summed E-state index contributed by atoms with van der Waals surface area (Å²) in [5.41, 5.74) is -1.27. The van der Waals surface area contributed by atoms with Crippen molar-refractivity contribution in [3.05, 3.63) is 42.6 Å². The number of aromatic amines is 1. The lowest BCUT2D eigenvalue weighted by Gasteiger charge is -2.15. The molecule has 0 spiro atoms. The van der Waals surface area contributed by atoms with Gasteiger partial charge in [0.05, 0.1) is 11.4 Å². The monoisotopic (exact) mass is 321 g/mol. The summed E-state index contributed by atoms with van der Waals surface area (Å²) in [5.74, 6) is 0. The molecule has 0 aliphatic carbocycles. The van der Waals surface area contributed by atoms with Crippen LogP contribution in [0.2, 0.25) is 0 Å². The van der Waals surface area contributed by atoms with E-state index in [1.165, 1.54) is 18.7 Å². The SMILES string of the molecule is Cc1c(N=Nc2c(C(C)(C)C)[nH]oc2=O)c(=O)n(C)c(=O)n1C. The number of H-pyrrole nitrogens is 1. The van der Waals surface area contributed by atoms with Crippen molar-refractivity contribution in [1.29, 1.82) is 0 Å². The summed E-state index contributed by atoms with van der Waals surface area (Å²) in [6, 6.07) is 0. The number of azo groups is 1. The lowest BCUT2D eigenvalue weighted by Crippen LogP contribution is -2.37. The number of aromatic nitrogens is 3. The Labute approximate surface area is 131 Å². The minimum atomic E-state index is -0.669. The van der Waals surface area contributed by atoms with Crippen LogP contribution < -0.4 is 16.9 Å². The smallest absolute Gasteiger partial charge is 0.336 e. The Balaban J connectivity index is 2.65. The van der Waals surface area contributed by atoms with E-state index >= 15 is 0 Å². The fourth-order valence-corrected chi connectivity index (χ4v) is 2.04. The first-order valence-corrected chi connectivity index (χ1v) is 6.96. The predicted octanol–water partition coefficient (Wildman–Crippen LogP) is 1.39. The number of nitrogens with one attached hydrogen (secondary N) is 1. The van der Waals surface area contributed by atoms with Crippen LogP contribution in [0.3, 0.4) is 0 Å². The molecule has 1 N–H and O–H groups in total. The first kappa shape index (κ1) is 16.7. The molecule has 2 aromatic heterocycles. The molecule has 0 radical (unpaired) electrons. The first-order chi connectivity index (χ1) is 10.6. The lowest BCUT2D eigenvalue weighted by atomic mass is 9.91. The van der Waals surface area contributed by atoms with Crippen LogP contribution in [0.1, 0.15) is 32.2 Å². The average Bonchev–Trinajstić information content (AvgIpc) is 2.84. The number of nitrogens with zero attached hydrogens (tertiary/aromatic N) is 4. The van der Waals surface area contributed by atoms with Crippen molar-refractivity contribution in [3.8, 4) is 0 Å². The summed E-state index contributed by atoms with van der Waals surface area (Å²) in [4.78, 5) is 35.8. The largest absolute Gasteiger partial charge is 0.384 e. The molecule has 124 valence electrons. The molecule has 0 saturated heterocycles. The molecule has 0 unspecified atom stereocenters. The molecule has 23 heavy (non-hydrogen) atoms. The minimum absolute atomic E-state index is 0.00457. The second-order valence-corrected chi connectivity index (χ2v) is 6.30. The molecule has 0 atom stereocenters. The van der Waals surface area contributed by atoms with Crippen LogP contribution in [0.15, 0.2) is 29.1 Å².